The fourth-order valence-corrected chi connectivity index (χ4v) is 3.68. The van der Waals surface area contributed by atoms with Gasteiger partial charge in [-0.15, -0.1) is 11.3 Å². The van der Waals surface area contributed by atoms with Crippen molar-refractivity contribution >= 4 is 46.1 Å². The molecule has 0 aliphatic carbocycles. The van der Waals surface area contributed by atoms with Crippen molar-refractivity contribution in [1.29, 1.82) is 0 Å². The van der Waals surface area contributed by atoms with Crippen molar-refractivity contribution < 1.29 is 13.6 Å². The van der Waals surface area contributed by atoms with Crippen molar-refractivity contribution in [2.45, 2.75) is 0 Å². The van der Waals surface area contributed by atoms with Gasteiger partial charge in [0.2, 0.25) is 0 Å². The molecule has 0 aliphatic rings. The molecule has 0 fully saturated rings. The maximum absolute atomic E-state index is 14.3. The average Bonchev–Trinajstić information content (AvgIpc) is 2.89. The van der Waals surface area contributed by atoms with E-state index in [2.05, 4.69) is 5.32 Å². The number of amides is 1. The highest BCUT2D eigenvalue weighted by atomic mass is 35.5. The van der Waals surface area contributed by atoms with Crippen molar-refractivity contribution in [3.8, 4) is 11.1 Å². The summed E-state index contributed by atoms with van der Waals surface area (Å²) in [6.07, 6.45) is 0. The van der Waals surface area contributed by atoms with Crippen LogP contribution < -0.4 is 5.32 Å². The molecule has 0 bridgehead atoms. The Labute approximate surface area is 150 Å². The van der Waals surface area contributed by atoms with Gasteiger partial charge in [0.05, 0.1) is 15.6 Å². The van der Waals surface area contributed by atoms with Gasteiger partial charge in [-0.2, -0.15) is 0 Å². The molecule has 0 radical (unpaired) electrons. The molecule has 1 N–H and O–H groups in total. The molecule has 0 spiro atoms. The Bertz CT molecular complexity index is 912. The van der Waals surface area contributed by atoms with Crippen molar-refractivity contribution in [3.05, 3.63) is 74.4 Å². The molecular formula is C17H9Cl2F2NOS. The number of thiophene rings is 1. The molecule has 0 saturated heterocycles. The third kappa shape index (κ3) is 3.43. The van der Waals surface area contributed by atoms with Gasteiger partial charge in [-0.05, 0) is 17.7 Å². The first-order chi connectivity index (χ1) is 11.5. The van der Waals surface area contributed by atoms with E-state index in [-0.39, 0.29) is 21.2 Å². The number of anilines is 1. The second-order valence-electron chi connectivity index (χ2n) is 4.87. The van der Waals surface area contributed by atoms with E-state index in [4.69, 9.17) is 23.2 Å². The molecule has 1 aromatic heterocycles. The number of hydrogen-bond acceptors (Lipinski definition) is 2. The number of halogens is 4. The largest absolute Gasteiger partial charge is 0.319 e. The minimum Gasteiger partial charge on any atom is -0.319 e. The Balaban J connectivity index is 2.04. The summed E-state index contributed by atoms with van der Waals surface area (Å²) in [5.74, 6) is -2.23. The molecule has 122 valence electrons. The SMILES string of the molecule is O=C(Nc1c(F)cc(F)cc1-c1ccccc1)c1cc(Cl)sc1Cl. The van der Waals surface area contributed by atoms with Gasteiger partial charge in [0, 0.05) is 11.6 Å². The maximum Gasteiger partial charge on any atom is 0.258 e. The summed E-state index contributed by atoms with van der Waals surface area (Å²) in [7, 11) is 0. The number of carbonyl (C=O) groups is 1. The number of benzene rings is 2. The molecule has 2 aromatic carbocycles. The van der Waals surface area contributed by atoms with Crippen LogP contribution in [-0.2, 0) is 0 Å². The highest BCUT2D eigenvalue weighted by Crippen LogP contribution is 2.34. The molecule has 7 heteroatoms. The van der Waals surface area contributed by atoms with Crippen LogP contribution in [0, 0.1) is 11.6 Å². The zero-order valence-corrected chi connectivity index (χ0v) is 14.3. The Hall–Kier alpha value is -1.95. The van der Waals surface area contributed by atoms with E-state index in [1.54, 1.807) is 30.3 Å². The van der Waals surface area contributed by atoms with Crippen molar-refractivity contribution in [1.82, 2.24) is 0 Å². The van der Waals surface area contributed by atoms with Crippen LogP contribution in [0.5, 0.6) is 0 Å². The van der Waals surface area contributed by atoms with Crippen LogP contribution in [0.3, 0.4) is 0 Å². The number of carbonyl (C=O) groups excluding carboxylic acids is 1. The summed E-state index contributed by atoms with van der Waals surface area (Å²) in [4.78, 5) is 12.4. The highest BCUT2D eigenvalue weighted by molar-refractivity contribution is 7.20. The van der Waals surface area contributed by atoms with E-state index < -0.39 is 17.5 Å². The van der Waals surface area contributed by atoms with Gasteiger partial charge in [-0.1, -0.05) is 53.5 Å². The van der Waals surface area contributed by atoms with E-state index >= 15 is 0 Å². The van der Waals surface area contributed by atoms with Crippen LogP contribution in [0.1, 0.15) is 10.4 Å². The predicted molar refractivity (Wildman–Crippen MR) is 94.1 cm³/mol. The molecule has 0 unspecified atom stereocenters. The predicted octanol–water partition coefficient (Wildman–Crippen LogP) is 6.25. The van der Waals surface area contributed by atoms with Crippen LogP contribution in [-0.4, -0.2) is 5.91 Å². The minimum absolute atomic E-state index is 0.119. The van der Waals surface area contributed by atoms with Gasteiger partial charge in [0.15, 0.2) is 0 Å². The van der Waals surface area contributed by atoms with Gasteiger partial charge < -0.3 is 5.32 Å². The van der Waals surface area contributed by atoms with Gasteiger partial charge >= 0.3 is 0 Å². The monoisotopic (exact) mass is 383 g/mol. The quantitative estimate of drug-likeness (QED) is 0.568. The minimum atomic E-state index is -0.875. The van der Waals surface area contributed by atoms with E-state index in [1.807, 2.05) is 0 Å². The normalized spacial score (nSPS) is 10.7. The molecule has 0 atom stereocenters. The fourth-order valence-electron chi connectivity index (χ4n) is 2.22. The van der Waals surface area contributed by atoms with Crippen molar-refractivity contribution in [2.24, 2.45) is 0 Å². The first-order valence-corrected chi connectivity index (χ1v) is 8.33. The molecule has 1 amide bonds. The molecule has 0 saturated carbocycles. The van der Waals surface area contributed by atoms with Gasteiger partial charge in [0.1, 0.15) is 16.0 Å². The van der Waals surface area contributed by atoms with E-state index in [1.165, 1.54) is 6.07 Å². The van der Waals surface area contributed by atoms with Crippen LogP contribution in [0.4, 0.5) is 14.5 Å². The maximum atomic E-state index is 14.3. The standard InChI is InChI=1S/C17H9Cl2F2NOS/c18-14-8-12(16(19)24-14)17(23)22-15-11(6-10(20)7-13(15)21)9-4-2-1-3-5-9/h1-8H,(H,22,23). The highest BCUT2D eigenvalue weighted by Gasteiger charge is 2.19. The van der Waals surface area contributed by atoms with Gasteiger partial charge in [-0.3, -0.25) is 4.79 Å². The Morgan fingerprint density at radius 3 is 2.38 bits per heavy atom. The molecule has 3 rings (SSSR count). The number of hydrogen-bond donors (Lipinski definition) is 1. The third-order valence-electron chi connectivity index (χ3n) is 3.28. The first-order valence-electron chi connectivity index (χ1n) is 6.76. The summed E-state index contributed by atoms with van der Waals surface area (Å²) < 4.78 is 28.4. The zero-order chi connectivity index (χ0) is 17.3. The summed E-state index contributed by atoms with van der Waals surface area (Å²) in [6, 6.07) is 11.9. The third-order valence-corrected chi connectivity index (χ3v) is 4.77. The molecule has 0 aliphatic heterocycles. The van der Waals surface area contributed by atoms with Crippen LogP contribution in [0.25, 0.3) is 11.1 Å². The van der Waals surface area contributed by atoms with E-state index in [9.17, 15) is 13.6 Å². The second kappa shape index (κ2) is 6.89. The Morgan fingerprint density at radius 2 is 1.75 bits per heavy atom. The number of nitrogens with one attached hydrogen (secondary N) is 1. The molecule has 24 heavy (non-hydrogen) atoms. The zero-order valence-electron chi connectivity index (χ0n) is 11.9. The first kappa shape index (κ1) is 16.9. The van der Waals surface area contributed by atoms with E-state index in [0.29, 0.717) is 16.0 Å². The fraction of sp³-hybridized carbons (Fsp3) is 0. The molecule has 2 nitrogen and oxygen atoms in total. The Morgan fingerprint density at radius 1 is 1.04 bits per heavy atom. The Kier molecular flexibility index (Phi) is 4.85. The summed E-state index contributed by atoms with van der Waals surface area (Å²) in [5.41, 5.74) is 0.819. The average molecular weight is 384 g/mol. The smallest absolute Gasteiger partial charge is 0.258 e. The summed E-state index contributed by atoms with van der Waals surface area (Å²) >= 11 is 12.8. The van der Waals surface area contributed by atoms with E-state index in [0.717, 1.165) is 17.4 Å². The van der Waals surface area contributed by atoms with Crippen molar-refractivity contribution in [2.75, 3.05) is 5.32 Å². The molecule has 1 heterocycles. The summed E-state index contributed by atoms with van der Waals surface area (Å²) in [6.45, 7) is 0. The second-order valence-corrected chi connectivity index (χ2v) is 7.15. The van der Waals surface area contributed by atoms with Gasteiger partial charge in [-0.25, -0.2) is 8.78 Å². The lowest BCUT2D eigenvalue weighted by Crippen LogP contribution is -2.13. The van der Waals surface area contributed by atoms with Crippen LogP contribution in [0.2, 0.25) is 8.67 Å². The topological polar surface area (TPSA) is 29.1 Å². The van der Waals surface area contributed by atoms with Gasteiger partial charge in [0.25, 0.3) is 5.91 Å². The molecular weight excluding hydrogens is 375 g/mol. The van der Waals surface area contributed by atoms with Crippen LogP contribution in [0.15, 0.2) is 48.5 Å². The lowest BCUT2D eigenvalue weighted by atomic mass is 10.0. The van der Waals surface area contributed by atoms with Crippen LogP contribution >= 0.6 is 34.5 Å². The summed E-state index contributed by atoms with van der Waals surface area (Å²) in [5, 5.41) is 2.46. The molecule has 3 aromatic rings. The lowest BCUT2D eigenvalue weighted by molar-refractivity contribution is 0.102. The van der Waals surface area contributed by atoms with Crippen molar-refractivity contribution in [3.63, 3.8) is 0 Å². The number of rotatable bonds is 3. The lowest BCUT2D eigenvalue weighted by Gasteiger charge is -2.12.